The van der Waals surface area contributed by atoms with Crippen molar-refractivity contribution in [1.82, 2.24) is 16.2 Å². The van der Waals surface area contributed by atoms with Crippen LogP contribution in [0, 0.1) is 0 Å². The molecular formula is C14H16ClN3O5S. The van der Waals surface area contributed by atoms with Gasteiger partial charge in [-0.15, -0.1) is 0 Å². The van der Waals surface area contributed by atoms with Gasteiger partial charge < -0.3 is 5.32 Å². The summed E-state index contributed by atoms with van der Waals surface area (Å²) in [5.74, 6) is -3.01. The van der Waals surface area contributed by atoms with E-state index < -0.39 is 33.3 Å². The number of hydrazine groups is 1. The highest BCUT2D eigenvalue weighted by Gasteiger charge is 2.26. The van der Waals surface area contributed by atoms with E-state index in [-0.39, 0.29) is 17.4 Å². The van der Waals surface area contributed by atoms with Gasteiger partial charge in [-0.3, -0.25) is 25.2 Å². The van der Waals surface area contributed by atoms with Crippen LogP contribution >= 0.6 is 11.6 Å². The second kappa shape index (κ2) is 7.63. The summed E-state index contributed by atoms with van der Waals surface area (Å²) >= 11 is 5.69. The van der Waals surface area contributed by atoms with E-state index in [0.717, 1.165) is 12.8 Å². The number of carbonyl (C=O) groups excluding carboxylic acids is 3. The minimum Gasteiger partial charge on any atom is -0.345 e. The number of hydrogen-bond donors (Lipinski definition) is 3. The largest absolute Gasteiger partial charge is 0.345 e. The normalized spacial score (nSPS) is 13.9. The number of carbonyl (C=O) groups is 3. The molecule has 0 atom stereocenters. The van der Waals surface area contributed by atoms with E-state index in [0.29, 0.717) is 5.02 Å². The van der Waals surface area contributed by atoms with Crippen molar-refractivity contribution in [3.63, 3.8) is 0 Å². The first kappa shape index (κ1) is 18.2. The smallest absolute Gasteiger partial charge is 0.327 e. The van der Waals surface area contributed by atoms with Crippen molar-refractivity contribution >= 4 is 39.2 Å². The number of sulfone groups is 1. The maximum Gasteiger partial charge on any atom is 0.327 e. The van der Waals surface area contributed by atoms with Crippen molar-refractivity contribution in [3.8, 4) is 0 Å². The maximum absolute atomic E-state index is 12.0. The molecule has 1 fully saturated rings. The van der Waals surface area contributed by atoms with Gasteiger partial charge in [-0.25, -0.2) is 8.42 Å². The van der Waals surface area contributed by atoms with Crippen LogP contribution in [0.25, 0.3) is 0 Å². The number of halogens is 1. The van der Waals surface area contributed by atoms with Crippen molar-refractivity contribution in [2.24, 2.45) is 0 Å². The summed E-state index contributed by atoms with van der Waals surface area (Å²) in [5, 5.41) is 2.85. The van der Waals surface area contributed by atoms with E-state index in [4.69, 9.17) is 11.6 Å². The van der Waals surface area contributed by atoms with Crippen molar-refractivity contribution in [2.45, 2.75) is 30.2 Å². The topological polar surface area (TPSA) is 121 Å². The zero-order chi connectivity index (χ0) is 17.7. The Bertz CT molecular complexity index is 744. The fraction of sp³-hybridized carbons (Fsp3) is 0.357. The van der Waals surface area contributed by atoms with Crippen LogP contribution < -0.4 is 16.2 Å². The molecule has 2 rings (SSSR count). The predicted octanol–water partition coefficient (Wildman–Crippen LogP) is -0.0702. The Labute approximate surface area is 143 Å². The van der Waals surface area contributed by atoms with Crippen LogP contribution in [0.3, 0.4) is 0 Å². The Hall–Kier alpha value is -2.13. The summed E-state index contributed by atoms with van der Waals surface area (Å²) in [7, 11) is -3.65. The van der Waals surface area contributed by atoms with E-state index in [1.54, 1.807) is 0 Å². The molecule has 0 radical (unpaired) electrons. The Balaban J connectivity index is 1.76. The Morgan fingerprint density at radius 3 is 2.25 bits per heavy atom. The van der Waals surface area contributed by atoms with Crippen LogP contribution in [0.15, 0.2) is 29.2 Å². The third-order valence-corrected chi connectivity index (χ3v) is 5.19. The van der Waals surface area contributed by atoms with Gasteiger partial charge in [-0.2, -0.15) is 0 Å². The number of amides is 3. The van der Waals surface area contributed by atoms with Gasteiger partial charge in [0.1, 0.15) is 0 Å². The van der Waals surface area contributed by atoms with Crippen LogP contribution in [-0.4, -0.2) is 37.9 Å². The average molecular weight is 374 g/mol. The van der Waals surface area contributed by atoms with Crippen molar-refractivity contribution < 1.29 is 22.8 Å². The molecule has 0 heterocycles. The van der Waals surface area contributed by atoms with Crippen molar-refractivity contribution in [1.29, 1.82) is 0 Å². The molecule has 0 unspecified atom stereocenters. The van der Waals surface area contributed by atoms with Crippen LogP contribution in [0.4, 0.5) is 0 Å². The molecular weight excluding hydrogens is 358 g/mol. The first-order valence-corrected chi connectivity index (χ1v) is 9.19. The van der Waals surface area contributed by atoms with Gasteiger partial charge in [0.15, 0.2) is 9.84 Å². The zero-order valence-corrected chi connectivity index (χ0v) is 14.1. The van der Waals surface area contributed by atoms with E-state index in [9.17, 15) is 22.8 Å². The third-order valence-electron chi connectivity index (χ3n) is 3.20. The van der Waals surface area contributed by atoms with E-state index in [1.807, 2.05) is 10.9 Å². The minimum absolute atomic E-state index is 0.0171. The number of rotatable bonds is 5. The standard InChI is InChI=1S/C14H16ClN3O5S/c15-9-1-5-11(6-2-9)24(22,23)8-7-12(19)17-18-14(21)13(20)16-10-3-4-10/h1-2,5-6,10H,3-4,7-8H2,(H,16,20)(H,17,19)(H,18,21). The molecule has 3 amide bonds. The Morgan fingerprint density at radius 2 is 1.67 bits per heavy atom. The lowest BCUT2D eigenvalue weighted by Crippen LogP contribution is -2.49. The fourth-order valence-corrected chi connectivity index (χ4v) is 3.08. The molecule has 0 saturated heterocycles. The number of hydrogen-bond acceptors (Lipinski definition) is 5. The molecule has 0 bridgehead atoms. The van der Waals surface area contributed by atoms with E-state index in [2.05, 4.69) is 5.32 Å². The molecule has 0 spiro atoms. The van der Waals surface area contributed by atoms with Gasteiger partial charge in [-0.1, -0.05) is 11.6 Å². The highest BCUT2D eigenvalue weighted by molar-refractivity contribution is 7.91. The molecule has 10 heteroatoms. The lowest BCUT2D eigenvalue weighted by Gasteiger charge is -2.08. The second-order valence-electron chi connectivity index (χ2n) is 5.27. The summed E-state index contributed by atoms with van der Waals surface area (Å²) in [5.41, 5.74) is 3.94. The SMILES string of the molecule is O=C(CCS(=O)(=O)c1ccc(Cl)cc1)NNC(=O)C(=O)NC1CC1. The minimum atomic E-state index is -3.65. The molecule has 3 N–H and O–H groups in total. The quantitative estimate of drug-likeness (QED) is 0.492. The summed E-state index contributed by atoms with van der Waals surface area (Å²) in [6, 6.07) is 5.59. The van der Waals surface area contributed by atoms with Crippen molar-refractivity contribution in [3.05, 3.63) is 29.3 Å². The molecule has 1 aromatic carbocycles. The summed E-state index contributed by atoms with van der Waals surface area (Å²) in [4.78, 5) is 34.4. The van der Waals surface area contributed by atoms with Crippen LogP contribution in [0.2, 0.25) is 5.02 Å². The molecule has 130 valence electrons. The number of nitrogens with one attached hydrogen (secondary N) is 3. The Kier molecular flexibility index (Phi) is 5.79. The second-order valence-corrected chi connectivity index (χ2v) is 7.82. The van der Waals surface area contributed by atoms with Crippen LogP contribution in [-0.2, 0) is 24.2 Å². The van der Waals surface area contributed by atoms with Gasteiger partial charge in [0.25, 0.3) is 0 Å². The van der Waals surface area contributed by atoms with Gasteiger partial charge in [0, 0.05) is 17.5 Å². The first-order valence-electron chi connectivity index (χ1n) is 7.16. The van der Waals surface area contributed by atoms with Crippen molar-refractivity contribution in [2.75, 3.05) is 5.75 Å². The van der Waals surface area contributed by atoms with E-state index >= 15 is 0 Å². The monoisotopic (exact) mass is 373 g/mol. The van der Waals surface area contributed by atoms with Gasteiger partial charge in [-0.05, 0) is 37.1 Å². The number of benzene rings is 1. The average Bonchev–Trinajstić information content (AvgIpc) is 3.35. The van der Waals surface area contributed by atoms with Crippen LogP contribution in [0.5, 0.6) is 0 Å². The van der Waals surface area contributed by atoms with Crippen LogP contribution in [0.1, 0.15) is 19.3 Å². The molecule has 24 heavy (non-hydrogen) atoms. The van der Waals surface area contributed by atoms with E-state index in [1.165, 1.54) is 24.3 Å². The molecule has 1 saturated carbocycles. The summed E-state index contributed by atoms with van der Waals surface area (Å²) in [6.45, 7) is 0. The fourth-order valence-electron chi connectivity index (χ4n) is 1.71. The lowest BCUT2D eigenvalue weighted by atomic mass is 10.4. The third kappa shape index (κ3) is 5.50. The molecule has 1 aliphatic carbocycles. The highest BCUT2D eigenvalue weighted by Crippen LogP contribution is 2.18. The molecule has 1 aliphatic rings. The highest BCUT2D eigenvalue weighted by atomic mass is 35.5. The maximum atomic E-state index is 12.0. The predicted molar refractivity (Wildman–Crippen MR) is 85.6 cm³/mol. The molecule has 0 aliphatic heterocycles. The molecule has 8 nitrogen and oxygen atoms in total. The van der Waals surface area contributed by atoms with Gasteiger partial charge in [0.05, 0.1) is 10.6 Å². The first-order chi connectivity index (χ1) is 11.3. The summed E-state index contributed by atoms with van der Waals surface area (Å²) < 4.78 is 24.1. The lowest BCUT2D eigenvalue weighted by molar-refractivity contribution is -0.141. The molecule has 1 aromatic rings. The Morgan fingerprint density at radius 1 is 1.04 bits per heavy atom. The summed E-state index contributed by atoms with van der Waals surface area (Å²) in [6.07, 6.45) is 1.29. The van der Waals surface area contributed by atoms with Gasteiger partial charge >= 0.3 is 11.8 Å². The zero-order valence-electron chi connectivity index (χ0n) is 12.5. The molecule has 0 aromatic heterocycles. The van der Waals surface area contributed by atoms with Gasteiger partial charge in [0.2, 0.25) is 5.91 Å².